The molecule has 1 aromatic rings. The lowest BCUT2D eigenvalue weighted by Gasteiger charge is -2.35. The van der Waals surface area contributed by atoms with E-state index >= 15 is 0 Å². The molecule has 0 bridgehead atoms. The predicted octanol–water partition coefficient (Wildman–Crippen LogP) is 7.89. The van der Waals surface area contributed by atoms with Crippen LogP contribution >= 0.6 is 15.9 Å². The quantitative estimate of drug-likeness (QED) is 0.313. The highest BCUT2D eigenvalue weighted by molar-refractivity contribution is 9.10. The van der Waals surface area contributed by atoms with Gasteiger partial charge in [0.15, 0.2) is 0 Å². The van der Waals surface area contributed by atoms with E-state index in [0.717, 1.165) is 28.8 Å². The summed E-state index contributed by atoms with van der Waals surface area (Å²) in [7, 11) is -3.54. The maximum absolute atomic E-state index is 6.57. The molecule has 0 fully saturated rings. The van der Waals surface area contributed by atoms with Gasteiger partial charge in [0, 0.05) is 16.0 Å². The number of rotatable bonds is 6. The van der Waals surface area contributed by atoms with Gasteiger partial charge < -0.3 is 8.85 Å². The van der Waals surface area contributed by atoms with Crippen molar-refractivity contribution in [1.82, 2.24) is 0 Å². The maximum Gasteiger partial charge on any atom is 0.242 e. The molecule has 0 amide bonds. The van der Waals surface area contributed by atoms with Gasteiger partial charge in [-0.15, -0.1) is 0 Å². The minimum Gasteiger partial charge on any atom is -0.544 e. The van der Waals surface area contributed by atoms with Crippen LogP contribution in [0.25, 0.3) is 0 Å². The molecule has 0 heterocycles. The van der Waals surface area contributed by atoms with E-state index in [1.54, 1.807) is 0 Å². The van der Waals surface area contributed by atoms with Crippen molar-refractivity contribution in [3.8, 4) is 11.5 Å². The molecule has 5 heteroatoms. The SMILES string of the molecule is C=C(C)C1CCC(C)=CC1c1c(O[Si](C)(C)C)cc(Br)cc1O[Si](C)(C)C. The predicted molar refractivity (Wildman–Crippen MR) is 126 cm³/mol. The van der Waals surface area contributed by atoms with Crippen LogP contribution < -0.4 is 8.85 Å². The zero-order valence-electron chi connectivity index (χ0n) is 18.2. The van der Waals surface area contributed by atoms with Crippen LogP contribution in [0.1, 0.15) is 38.2 Å². The molecule has 0 saturated heterocycles. The molecule has 0 aliphatic heterocycles. The highest BCUT2D eigenvalue weighted by atomic mass is 79.9. The van der Waals surface area contributed by atoms with Crippen LogP contribution in [0.2, 0.25) is 39.3 Å². The van der Waals surface area contributed by atoms with Gasteiger partial charge in [-0.3, -0.25) is 0 Å². The first-order chi connectivity index (χ1) is 12.3. The van der Waals surface area contributed by atoms with Gasteiger partial charge >= 0.3 is 0 Å². The number of hydrogen-bond donors (Lipinski definition) is 0. The summed E-state index contributed by atoms with van der Waals surface area (Å²) in [6, 6.07) is 4.25. The summed E-state index contributed by atoms with van der Waals surface area (Å²) in [5.74, 6) is 2.61. The van der Waals surface area contributed by atoms with Crippen molar-refractivity contribution in [2.24, 2.45) is 5.92 Å². The standard InChI is InChI=1S/C22H35BrO2Si2/c1-15(2)18-11-10-16(3)12-19(18)22-20(24-26(4,5)6)13-17(23)14-21(22)25-27(7,8)9/h12-14,18-19H,1,10-11H2,2-9H3. The van der Waals surface area contributed by atoms with Crippen molar-refractivity contribution in [3.63, 3.8) is 0 Å². The summed E-state index contributed by atoms with van der Waals surface area (Å²) in [5, 5.41) is 0. The second kappa shape index (κ2) is 8.30. The summed E-state index contributed by atoms with van der Waals surface area (Å²) in [6.45, 7) is 22.1. The summed E-state index contributed by atoms with van der Waals surface area (Å²) < 4.78 is 14.2. The summed E-state index contributed by atoms with van der Waals surface area (Å²) in [5.41, 5.74) is 3.89. The number of halogens is 1. The van der Waals surface area contributed by atoms with Gasteiger partial charge in [-0.25, -0.2) is 0 Å². The van der Waals surface area contributed by atoms with Crippen molar-refractivity contribution < 1.29 is 8.85 Å². The average molecular weight is 468 g/mol. The van der Waals surface area contributed by atoms with E-state index in [2.05, 4.69) is 93.8 Å². The topological polar surface area (TPSA) is 18.5 Å². The van der Waals surface area contributed by atoms with E-state index in [9.17, 15) is 0 Å². The minimum atomic E-state index is -1.77. The van der Waals surface area contributed by atoms with E-state index in [-0.39, 0.29) is 5.92 Å². The van der Waals surface area contributed by atoms with E-state index in [4.69, 9.17) is 8.85 Å². The lowest BCUT2D eigenvalue weighted by molar-refractivity contribution is 0.448. The fourth-order valence-corrected chi connectivity index (χ4v) is 5.71. The van der Waals surface area contributed by atoms with E-state index in [1.807, 2.05) is 0 Å². The second-order valence-corrected chi connectivity index (χ2v) is 19.5. The highest BCUT2D eigenvalue weighted by Gasteiger charge is 2.33. The Balaban J connectivity index is 2.72. The third-order valence-corrected chi connectivity index (χ3v) is 6.74. The van der Waals surface area contributed by atoms with Gasteiger partial charge in [0.1, 0.15) is 11.5 Å². The summed E-state index contributed by atoms with van der Waals surface area (Å²) in [6.07, 6.45) is 4.69. The zero-order valence-corrected chi connectivity index (χ0v) is 21.8. The fraction of sp³-hybridized carbons (Fsp3) is 0.545. The molecule has 27 heavy (non-hydrogen) atoms. The first-order valence-corrected chi connectivity index (χ1v) is 17.4. The molecule has 1 aromatic carbocycles. The Kier molecular flexibility index (Phi) is 6.91. The van der Waals surface area contributed by atoms with Gasteiger partial charge in [0.05, 0.1) is 0 Å². The Bertz CT molecular complexity index is 705. The van der Waals surface area contributed by atoms with E-state index in [1.165, 1.54) is 16.7 Å². The minimum absolute atomic E-state index is 0.252. The number of benzene rings is 1. The maximum atomic E-state index is 6.57. The van der Waals surface area contributed by atoms with Crippen LogP contribution in [-0.4, -0.2) is 16.6 Å². The molecular weight excluding hydrogens is 432 g/mol. The molecule has 2 rings (SSSR count). The Morgan fingerprint density at radius 3 is 1.93 bits per heavy atom. The second-order valence-electron chi connectivity index (χ2n) is 9.77. The molecule has 2 unspecified atom stereocenters. The normalized spacial score (nSPS) is 20.9. The van der Waals surface area contributed by atoms with Gasteiger partial charge in [-0.1, -0.05) is 39.7 Å². The molecule has 0 spiro atoms. The van der Waals surface area contributed by atoms with Crippen LogP contribution in [0, 0.1) is 5.92 Å². The van der Waals surface area contributed by atoms with E-state index < -0.39 is 16.6 Å². The Hall–Kier alpha value is -0.786. The molecule has 2 nitrogen and oxygen atoms in total. The molecular formula is C22H35BrO2Si2. The molecule has 0 saturated carbocycles. The largest absolute Gasteiger partial charge is 0.544 e. The van der Waals surface area contributed by atoms with Crippen LogP contribution in [0.3, 0.4) is 0 Å². The summed E-state index contributed by atoms with van der Waals surface area (Å²) in [4.78, 5) is 0. The van der Waals surface area contributed by atoms with E-state index in [0.29, 0.717) is 5.92 Å². The van der Waals surface area contributed by atoms with Gasteiger partial charge in [0.25, 0.3) is 0 Å². The van der Waals surface area contributed by atoms with Crippen LogP contribution in [0.15, 0.2) is 40.4 Å². The van der Waals surface area contributed by atoms with Gasteiger partial charge in [-0.05, 0) is 84.0 Å². The summed E-state index contributed by atoms with van der Waals surface area (Å²) >= 11 is 3.68. The lowest BCUT2D eigenvalue weighted by Crippen LogP contribution is -2.32. The van der Waals surface area contributed by atoms with Gasteiger partial charge in [0.2, 0.25) is 16.6 Å². The molecule has 0 radical (unpaired) electrons. The molecule has 150 valence electrons. The number of hydrogen-bond acceptors (Lipinski definition) is 2. The third-order valence-electron chi connectivity index (χ3n) is 4.61. The van der Waals surface area contributed by atoms with Crippen molar-refractivity contribution in [2.45, 2.75) is 71.9 Å². The van der Waals surface area contributed by atoms with Crippen LogP contribution in [0.4, 0.5) is 0 Å². The molecule has 1 aliphatic carbocycles. The smallest absolute Gasteiger partial charge is 0.242 e. The monoisotopic (exact) mass is 466 g/mol. The van der Waals surface area contributed by atoms with Crippen molar-refractivity contribution >= 4 is 32.6 Å². The van der Waals surface area contributed by atoms with Crippen molar-refractivity contribution in [1.29, 1.82) is 0 Å². The Labute approximate surface area is 176 Å². The van der Waals surface area contributed by atoms with Gasteiger partial charge in [-0.2, -0.15) is 0 Å². The van der Waals surface area contributed by atoms with Crippen LogP contribution in [0.5, 0.6) is 11.5 Å². The van der Waals surface area contributed by atoms with Crippen LogP contribution in [-0.2, 0) is 0 Å². The lowest BCUT2D eigenvalue weighted by atomic mass is 9.74. The zero-order chi connectivity index (χ0) is 20.6. The molecule has 0 aromatic heterocycles. The first-order valence-electron chi connectivity index (χ1n) is 9.81. The van der Waals surface area contributed by atoms with Crippen molar-refractivity contribution in [2.75, 3.05) is 0 Å². The third kappa shape index (κ3) is 6.36. The number of allylic oxidation sites excluding steroid dienone is 3. The molecule has 1 aliphatic rings. The Morgan fingerprint density at radius 1 is 1.04 bits per heavy atom. The molecule has 2 atom stereocenters. The Morgan fingerprint density at radius 2 is 1.52 bits per heavy atom. The molecule has 0 N–H and O–H groups in total. The first kappa shape index (κ1) is 22.5. The van der Waals surface area contributed by atoms with Crippen molar-refractivity contribution in [3.05, 3.63) is 46.0 Å². The fourth-order valence-electron chi connectivity index (χ4n) is 3.63. The average Bonchev–Trinajstić information content (AvgIpc) is 2.42. The highest BCUT2D eigenvalue weighted by Crippen LogP contribution is 2.48.